The number of hydrazone groups is 1. The molecule has 3 amide bonds. The lowest BCUT2D eigenvalue weighted by Crippen LogP contribution is -2.52. The Morgan fingerprint density at radius 3 is 2.75 bits per heavy atom. The van der Waals surface area contributed by atoms with E-state index in [1.54, 1.807) is 6.21 Å². The van der Waals surface area contributed by atoms with E-state index in [-0.39, 0.29) is 11.7 Å². The predicted octanol–water partition coefficient (Wildman–Crippen LogP) is 2.35. The first-order valence-corrected chi connectivity index (χ1v) is 11.5. The van der Waals surface area contributed by atoms with Gasteiger partial charge in [0, 0.05) is 24.7 Å². The lowest BCUT2D eigenvalue weighted by atomic mass is 9.94. The molecule has 0 bridgehead atoms. The Morgan fingerprint density at radius 2 is 2.06 bits per heavy atom. The number of hydrogen-bond acceptors (Lipinski definition) is 7. The van der Waals surface area contributed by atoms with Gasteiger partial charge in [0.1, 0.15) is 6.04 Å². The summed E-state index contributed by atoms with van der Waals surface area (Å²) in [4.78, 5) is 39.0. The number of hydroxylamine groups is 1. The van der Waals surface area contributed by atoms with Crippen LogP contribution in [0, 0.1) is 5.92 Å². The molecule has 0 aliphatic carbocycles. The molecule has 0 radical (unpaired) electrons. The third-order valence-electron chi connectivity index (χ3n) is 5.59. The summed E-state index contributed by atoms with van der Waals surface area (Å²) in [5.74, 6) is -3.51. The van der Waals surface area contributed by atoms with Gasteiger partial charge < -0.3 is 4.90 Å². The minimum absolute atomic E-state index is 0.0412. The summed E-state index contributed by atoms with van der Waals surface area (Å²) >= 11 is 1.32. The predicted molar refractivity (Wildman–Crippen MR) is 118 cm³/mol. The number of nitrogens with zero attached hydrogens (tertiary/aromatic N) is 3. The molecule has 0 saturated carbocycles. The third kappa shape index (κ3) is 5.57. The first-order valence-electron chi connectivity index (χ1n) is 10.7. The second-order valence-corrected chi connectivity index (χ2v) is 8.83. The lowest BCUT2D eigenvalue weighted by Gasteiger charge is -2.30. The van der Waals surface area contributed by atoms with E-state index in [1.807, 2.05) is 37.3 Å². The molecule has 1 aromatic rings. The smallest absolute Gasteiger partial charge is 0.278 e. The molecular formula is C21H28FN5O4S. The van der Waals surface area contributed by atoms with Crippen molar-refractivity contribution in [2.75, 3.05) is 6.54 Å². The van der Waals surface area contributed by atoms with Gasteiger partial charge in [0.2, 0.25) is 5.91 Å². The number of nitrogens with one attached hydrogen (secondary N) is 2. The van der Waals surface area contributed by atoms with E-state index < -0.39 is 35.9 Å². The van der Waals surface area contributed by atoms with Crippen LogP contribution in [0.2, 0.25) is 0 Å². The maximum atomic E-state index is 14.6. The van der Waals surface area contributed by atoms with Gasteiger partial charge in [0.25, 0.3) is 11.8 Å². The van der Waals surface area contributed by atoms with Crippen LogP contribution < -0.4 is 10.9 Å². The summed E-state index contributed by atoms with van der Waals surface area (Å²) in [5.41, 5.74) is 5.03. The number of halogens is 1. The van der Waals surface area contributed by atoms with Crippen molar-refractivity contribution in [1.29, 1.82) is 0 Å². The first kappa shape index (κ1) is 24.0. The fourth-order valence-corrected chi connectivity index (χ4v) is 4.73. The quantitative estimate of drug-likeness (QED) is 0.293. The standard InChI is InChI=1S/C21H28FN5O4S/c1-2-3-10-15(18(22)20(29)25-31)21(30)26-12-7-11-16(26)19(28)24-27-23-13-17(32-27)14-8-5-4-6-9-14/h4-6,8-9,13,15-18,31H,2-3,7,10-12H2,1H3,(H,24,28)(H,25,29)/t15-,16+,17?,18+/m1/s1. The van der Waals surface area contributed by atoms with Crippen LogP contribution in [-0.4, -0.2) is 57.3 Å². The second kappa shape index (κ2) is 11.3. The molecule has 0 aromatic heterocycles. The first-order chi connectivity index (χ1) is 15.5. The average molecular weight is 466 g/mol. The highest BCUT2D eigenvalue weighted by molar-refractivity contribution is 7.98. The van der Waals surface area contributed by atoms with Crippen LogP contribution in [-0.2, 0) is 14.4 Å². The molecule has 1 saturated heterocycles. The zero-order valence-electron chi connectivity index (χ0n) is 17.8. The van der Waals surface area contributed by atoms with Gasteiger partial charge in [-0.25, -0.2) is 15.3 Å². The minimum atomic E-state index is -2.19. The van der Waals surface area contributed by atoms with Gasteiger partial charge in [-0.1, -0.05) is 50.1 Å². The highest BCUT2D eigenvalue weighted by Gasteiger charge is 2.42. The number of rotatable bonds is 9. The molecule has 0 spiro atoms. The molecule has 1 fully saturated rings. The molecule has 4 atom stereocenters. The van der Waals surface area contributed by atoms with E-state index in [9.17, 15) is 18.8 Å². The van der Waals surface area contributed by atoms with Gasteiger partial charge in [-0.3, -0.25) is 19.6 Å². The van der Waals surface area contributed by atoms with Crippen molar-refractivity contribution in [1.82, 2.24) is 20.3 Å². The van der Waals surface area contributed by atoms with Gasteiger partial charge in [-0.15, -0.1) is 4.52 Å². The van der Waals surface area contributed by atoms with Gasteiger partial charge in [-0.2, -0.15) is 5.10 Å². The van der Waals surface area contributed by atoms with E-state index in [0.717, 1.165) is 5.56 Å². The molecule has 2 aliphatic rings. The van der Waals surface area contributed by atoms with E-state index in [2.05, 4.69) is 10.5 Å². The number of alkyl halides is 1. The molecule has 2 heterocycles. The zero-order valence-corrected chi connectivity index (χ0v) is 18.6. The Kier molecular flexibility index (Phi) is 8.46. The molecule has 2 aliphatic heterocycles. The monoisotopic (exact) mass is 465 g/mol. The Hall–Kier alpha value is -2.66. The largest absolute Gasteiger partial charge is 0.330 e. The SMILES string of the molecule is CCCC[C@@H](C(=O)N1CCC[C@H]1C(=O)NN1N=CC(c2ccccc2)S1)[C@H](F)C(=O)NO. The Labute approximate surface area is 190 Å². The van der Waals surface area contributed by atoms with Crippen molar-refractivity contribution in [3.8, 4) is 0 Å². The molecule has 3 N–H and O–H groups in total. The van der Waals surface area contributed by atoms with Crippen LogP contribution in [0.3, 0.4) is 0 Å². The maximum Gasteiger partial charge on any atom is 0.278 e. The van der Waals surface area contributed by atoms with Crippen molar-refractivity contribution in [3.63, 3.8) is 0 Å². The van der Waals surface area contributed by atoms with E-state index >= 15 is 0 Å². The minimum Gasteiger partial charge on any atom is -0.330 e. The van der Waals surface area contributed by atoms with Crippen molar-refractivity contribution < 1.29 is 24.0 Å². The number of likely N-dealkylation sites (tertiary alicyclic amines) is 1. The number of hydrazine groups is 1. The maximum absolute atomic E-state index is 14.6. The lowest BCUT2D eigenvalue weighted by molar-refractivity contribution is -0.149. The van der Waals surface area contributed by atoms with Crippen LogP contribution in [0.4, 0.5) is 4.39 Å². The average Bonchev–Trinajstić information content (AvgIpc) is 3.49. The third-order valence-corrected chi connectivity index (χ3v) is 6.60. The molecule has 11 heteroatoms. The summed E-state index contributed by atoms with van der Waals surface area (Å²) in [6, 6.07) is 8.94. The van der Waals surface area contributed by atoms with Crippen molar-refractivity contribution >= 4 is 35.9 Å². The van der Waals surface area contributed by atoms with E-state index in [0.29, 0.717) is 32.2 Å². The Balaban J connectivity index is 1.63. The van der Waals surface area contributed by atoms with Crippen LogP contribution >= 0.6 is 11.9 Å². The van der Waals surface area contributed by atoms with Gasteiger partial charge in [-0.05, 0) is 24.8 Å². The van der Waals surface area contributed by atoms with Crippen LogP contribution in [0.15, 0.2) is 35.4 Å². The Bertz CT molecular complexity index is 843. The van der Waals surface area contributed by atoms with Gasteiger partial charge >= 0.3 is 0 Å². The molecule has 9 nitrogen and oxygen atoms in total. The zero-order chi connectivity index (χ0) is 23.1. The summed E-state index contributed by atoms with van der Waals surface area (Å²) < 4.78 is 16.0. The molecule has 32 heavy (non-hydrogen) atoms. The fourth-order valence-electron chi connectivity index (χ4n) is 3.88. The molecule has 1 aromatic carbocycles. The number of amides is 3. The summed E-state index contributed by atoms with van der Waals surface area (Å²) in [6.07, 6.45) is 1.98. The Morgan fingerprint density at radius 1 is 1.31 bits per heavy atom. The van der Waals surface area contributed by atoms with Crippen molar-refractivity contribution in [3.05, 3.63) is 35.9 Å². The normalized spacial score (nSPS) is 22.0. The molecule has 3 rings (SSSR count). The molecular weight excluding hydrogens is 437 g/mol. The highest BCUT2D eigenvalue weighted by atomic mass is 32.2. The summed E-state index contributed by atoms with van der Waals surface area (Å²) in [7, 11) is 0. The van der Waals surface area contributed by atoms with Crippen LogP contribution in [0.5, 0.6) is 0 Å². The van der Waals surface area contributed by atoms with Gasteiger partial charge in [0.15, 0.2) is 6.17 Å². The van der Waals surface area contributed by atoms with Crippen molar-refractivity contribution in [2.45, 2.75) is 56.5 Å². The van der Waals surface area contributed by atoms with Gasteiger partial charge in [0.05, 0.1) is 11.2 Å². The number of benzene rings is 1. The number of unbranched alkanes of at least 4 members (excludes halogenated alkanes) is 1. The number of carbonyl (C=O) groups excluding carboxylic acids is 3. The summed E-state index contributed by atoms with van der Waals surface area (Å²) in [6.45, 7) is 2.19. The fraction of sp³-hybridized carbons (Fsp3) is 0.524. The molecule has 174 valence electrons. The van der Waals surface area contributed by atoms with Crippen LogP contribution in [0.25, 0.3) is 0 Å². The summed E-state index contributed by atoms with van der Waals surface area (Å²) in [5, 5.41) is 12.9. The van der Waals surface area contributed by atoms with E-state index in [1.165, 1.54) is 26.9 Å². The number of hydrogen-bond donors (Lipinski definition) is 3. The van der Waals surface area contributed by atoms with Crippen molar-refractivity contribution in [2.24, 2.45) is 11.0 Å². The highest BCUT2D eigenvalue weighted by Crippen LogP contribution is 2.34. The molecule has 1 unspecified atom stereocenters. The second-order valence-electron chi connectivity index (χ2n) is 7.77. The topological polar surface area (TPSA) is 114 Å². The van der Waals surface area contributed by atoms with E-state index in [4.69, 9.17) is 5.21 Å². The van der Waals surface area contributed by atoms with Crippen LogP contribution in [0.1, 0.15) is 49.8 Å². The number of carbonyl (C=O) groups is 3.